The number of hydrogen-bond acceptors (Lipinski definition) is 11. The Kier molecular flexibility index (Phi) is 11.2. The molecule has 8 unspecified atom stereocenters. The van der Waals surface area contributed by atoms with E-state index in [1.54, 1.807) is 0 Å². The van der Waals surface area contributed by atoms with Crippen molar-refractivity contribution in [1.82, 2.24) is 5.32 Å². The molecule has 0 spiro atoms. The summed E-state index contributed by atoms with van der Waals surface area (Å²) in [7, 11) is 0. The average Bonchev–Trinajstić information content (AvgIpc) is 3.07. The molecule has 6 aliphatic rings. The second-order valence-electron chi connectivity index (χ2n) is 20.3. The van der Waals surface area contributed by atoms with Crippen molar-refractivity contribution in [1.29, 1.82) is 0 Å². The van der Waals surface area contributed by atoms with Crippen LogP contribution >= 0.6 is 0 Å². The normalized spacial score (nSPS) is 43.5. The summed E-state index contributed by atoms with van der Waals surface area (Å²) in [5.74, 6) is -2.17. The number of carbonyl (C=O) groups excluding carboxylic acids is 5. The third-order valence-electron chi connectivity index (χ3n) is 16.3. The third kappa shape index (κ3) is 7.00. The number of ether oxygens (including phenoxy) is 5. The van der Waals surface area contributed by atoms with Crippen LogP contribution in [0.4, 0.5) is 0 Å². The quantitative estimate of drug-likeness (QED) is 0.168. The fourth-order valence-electron chi connectivity index (χ4n) is 13.3. The lowest BCUT2D eigenvalue weighted by molar-refractivity contribution is -0.258. The van der Waals surface area contributed by atoms with Crippen molar-refractivity contribution < 1.29 is 52.8 Å². The van der Waals surface area contributed by atoms with E-state index >= 15 is 4.79 Å². The monoisotopic (exact) mass is 785 g/mol. The molecule has 0 aromatic rings. The molecule has 12 nitrogen and oxygen atoms in total. The Morgan fingerprint density at radius 2 is 1.36 bits per heavy atom. The van der Waals surface area contributed by atoms with Crippen LogP contribution in [-0.4, -0.2) is 78.2 Å². The fraction of sp³-hybridized carbons (Fsp3) is 0.841. The largest absolute Gasteiger partial charge is 0.463 e. The number of amides is 1. The summed E-state index contributed by atoms with van der Waals surface area (Å²) in [4.78, 5) is 64.5. The molecule has 56 heavy (non-hydrogen) atoms. The SMILES string of the molecule is CC(=O)OCC1OC(NC(=O)[C@]23CCC(C)(C)CC2C2=CCC4[C@@]5(C)CC[C@H](O)C(C)(C)C5CC[C@@]4(C)[C@]2(C)CC3)C(OC(C)=O)C(OC(C)=O)C1OC(C)=O. The van der Waals surface area contributed by atoms with E-state index in [9.17, 15) is 24.3 Å². The van der Waals surface area contributed by atoms with E-state index in [-0.39, 0.29) is 51.6 Å². The van der Waals surface area contributed by atoms with Gasteiger partial charge in [0, 0.05) is 27.7 Å². The standard InChI is InChI=1S/C44H67NO11/c1-24(46)52-23-30-34(53-25(2)47)35(54-26(3)48)36(55-27(4)49)37(56-30)45-38(51)44-20-18-39(5,6)22-29(44)28-12-13-32-41(9)16-15-33(50)40(7,8)31(41)14-17-43(32,11)42(28,10)19-21-44/h12,29-37,50H,13-23H2,1-11H3,(H,45,51)/t29?,30?,31?,32?,33-,34?,35?,36?,37?,41-,42+,43+,44-/m0/s1. The summed E-state index contributed by atoms with van der Waals surface area (Å²) in [5, 5.41) is 14.3. The number of esters is 4. The van der Waals surface area contributed by atoms with E-state index in [2.05, 4.69) is 59.9 Å². The number of aliphatic hydroxyl groups is 1. The van der Waals surface area contributed by atoms with Crippen LogP contribution in [0.5, 0.6) is 0 Å². The van der Waals surface area contributed by atoms with Gasteiger partial charge in [-0.05, 0) is 109 Å². The highest BCUT2D eigenvalue weighted by Crippen LogP contribution is 2.75. The average molecular weight is 786 g/mol. The first kappa shape index (κ1) is 42.6. The first-order chi connectivity index (χ1) is 25.9. The van der Waals surface area contributed by atoms with Crippen LogP contribution in [0.15, 0.2) is 11.6 Å². The lowest BCUT2D eigenvalue weighted by Gasteiger charge is -2.71. The predicted molar refractivity (Wildman–Crippen MR) is 205 cm³/mol. The highest BCUT2D eigenvalue weighted by atomic mass is 16.7. The molecule has 0 aromatic heterocycles. The lowest BCUT2D eigenvalue weighted by Crippen LogP contribution is -2.68. The molecule has 1 heterocycles. The summed E-state index contributed by atoms with van der Waals surface area (Å²) in [6.45, 7) is 21.0. The van der Waals surface area contributed by atoms with Gasteiger partial charge in [0.25, 0.3) is 0 Å². The highest BCUT2D eigenvalue weighted by molar-refractivity contribution is 5.84. The van der Waals surface area contributed by atoms with Gasteiger partial charge in [-0.25, -0.2) is 0 Å². The minimum Gasteiger partial charge on any atom is -0.463 e. The van der Waals surface area contributed by atoms with Crippen molar-refractivity contribution in [2.45, 2.75) is 177 Å². The second-order valence-corrected chi connectivity index (χ2v) is 20.3. The number of aliphatic hydroxyl groups excluding tert-OH is 1. The zero-order valence-corrected chi connectivity index (χ0v) is 35.6. The predicted octanol–water partition coefficient (Wildman–Crippen LogP) is 6.35. The van der Waals surface area contributed by atoms with Crippen LogP contribution < -0.4 is 5.32 Å². The summed E-state index contributed by atoms with van der Waals surface area (Å²) in [6, 6.07) is 0. The van der Waals surface area contributed by atoms with Gasteiger partial charge in [-0.15, -0.1) is 0 Å². The van der Waals surface area contributed by atoms with E-state index in [1.165, 1.54) is 33.3 Å². The Bertz CT molecular complexity index is 1640. The molecule has 314 valence electrons. The lowest BCUT2D eigenvalue weighted by atomic mass is 9.33. The maximum Gasteiger partial charge on any atom is 0.303 e. The van der Waals surface area contributed by atoms with E-state index in [1.807, 2.05) is 0 Å². The Labute approximate surface area is 332 Å². The highest BCUT2D eigenvalue weighted by Gasteiger charge is 2.69. The molecule has 5 aliphatic carbocycles. The number of nitrogens with one attached hydrogen (secondary N) is 1. The first-order valence-electron chi connectivity index (χ1n) is 20.9. The smallest absolute Gasteiger partial charge is 0.303 e. The van der Waals surface area contributed by atoms with Crippen molar-refractivity contribution in [2.24, 2.45) is 50.2 Å². The van der Waals surface area contributed by atoms with Gasteiger partial charge < -0.3 is 34.1 Å². The molecular weight excluding hydrogens is 718 g/mol. The van der Waals surface area contributed by atoms with Gasteiger partial charge >= 0.3 is 23.9 Å². The fourth-order valence-corrected chi connectivity index (χ4v) is 13.3. The number of carbonyl (C=O) groups is 5. The van der Waals surface area contributed by atoms with Gasteiger partial charge in [-0.3, -0.25) is 24.0 Å². The molecule has 13 atom stereocenters. The topological polar surface area (TPSA) is 164 Å². The molecule has 0 radical (unpaired) electrons. The van der Waals surface area contributed by atoms with Crippen molar-refractivity contribution in [3.05, 3.63) is 11.6 Å². The Balaban J connectivity index is 1.37. The minimum absolute atomic E-state index is 0.00471. The summed E-state index contributed by atoms with van der Waals surface area (Å²) < 4.78 is 28.6. The zero-order chi connectivity index (χ0) is 41.4. The van der Waals surface area contributed by atoms with Crippen molar-refractivity contribution >= 4 is 29.8 Å². The summed E-state index contributed by atoms with van der Waals surface area (Å²) in [5.41, 5.74) is 0.387. The van der Waals surface area contributed by atoms with Gasteiger partial charge in [0.2, 0.25) is 5.91 Å². The van der Waals surface area contributed by atoms with Crippen LogP contribution in [0.1, 0.15) is 140 Å². The van der Waals surface area contributed by atoms with Crippen LogP contribution in [0, 0.1) is 50.2 Å². The van der Waals surface area contributed by atoms with Crippen LogP contribution in [0.3, 0.4) is 0 Å². The molecule has 4 saturated carbocycles. The molecular formula is C44H67NO11. The van der Waals surface area contributed by atoms with E-state index in [4.69, 9.17) is 23.7 Å². The molecule has 1 saturated heterocycles. The maximum absolute atomic E-state index is 15.2. The van der Waals surface area contributed by atoms with Crippen molar-refractivity contribution in [3.63, 3.8) is 0 Å². The number of allylic oxidation sites excluding steroid dienone is 2. The van der Waals surface area contributed by atoms with Gasteiger partial charge in [0.15, 0.2) is 24.5 Å². The maximum atomic E-state index is 15.2. The van der Waals surface area contributed by atoms with Crippen molar-refractivity contribution in [2.75, 3.05) is 6.61 Å². The molecule has 2 N–H and O–H groups in total. The number of fused-ring (bicyclic) bond motifs is 7. The van der Waals surface area contributed by atoms with Gasteiger partial charge in [0.05, 0.1) is 11.5 Å². The van der Waals surface area contributed by atoms with Gasteiger partial charge in [-0.2, -0.15) is 0 Å². The van der Waals surface area contributed by atoms with Crippen LogP contribution in [-0.2, 0) is 47.7 Å². The Morgan fingerprint density at radius 1 is 0.750 bits per heavy atom. The van der Waals surface area contributed by atoms with Crippen LogP contribution in [0.25, 0.3) is 0 Å². The first-order valence-corrected chi connectivity index (χ1v) is 20.9. The van der Waals surface area contributed by atoms with Gasteiger partial charge in [-0.1, -0.05) is 60.1 Å². The molecule has 1 aliphatic heterocycles. The molecule has 0 bridgehead atoms. The zero-order valence-electron chi connectivity index (χ0n) is 35.6. The van der Waals surface area contributed by atoms with Crippen molar-refractivity contribution in [3.8, 4) is 0 Å². The summed E-state index contributed by atoms with van der Waals surface area (Å²) in [6.07, 6.45) is 4.43. The molecule has 6 rings (SSSR count). The number of hydrogen-bond donors (Lipinski definition) is 2. The second kappa shape index (κ2) is 14.7. The molecule has 12 heteroatoms. The minimum atomic E-state index is -1.37. The Morgan fingerprint density at radius 3 is 1.98 bits per heavy atom. The molecule has 1 amide bonds. The molecule has 5 fully saturated rings. The molecule has 0 aromatic carbocycles. The van der Waals surface area contributed by atoms with E-state index in [0.717, 1.165) is 51.4 Å². The number of rotatable bonds is 7. The Hall–Kier alpha value is -2.99. The van der Waals surface area contributed by atoms with E-state index in [0.29, 0.717) is 24.7 Å². The van der Waals surface area contributed by atoms with Crippen LogP contribution in [0.2, 0.25) is 0 Å². The summed E-state index contributed by atoms with van der Waals surface area (Å²) >= 11 is 0. The van der Waals surface area contributed by atoms with Gasteiger partial charge in [0.1, 0.15) is 12.7 Å². The third-order valence-corrected chi connectivity index (χ3v) is 16.3. The van der Waals surface area contributed by atoms with E-state index < -0.39 is 59.9 Å².